The van der Waals surface area contributed by atoms with Gasteiger partial charge in [0.25, 0.3) is 0 Å². The second kappa shape index (κ2) is 4.97. The van der Waals surface area contributed by atoms with Crippen LogP contribution in [0.1, 0.15) is 5.56 Å². The Morgan fingerprint density at radius 1 is 1.24 bits per heavy atom. The summed E-state index contributed by atoms with van der Waals surface area (Å²) in [5.41, 5.74) is 0.970. The third-order valence-corrected chi connectivity index (χ3v) is 2.79. The van der Waals surface area contributed by atoms with Gasteiger partial charge in [0, 0.05) is 13.5 Å². The van der Waals surface area contributed by atoms with Crippen molar-refractivity contribution in [2.45, 2.75) is 12.5 Å². The van der Waals surface area contributed by atoms with E-state index in [2.05, 4.69) is 0 Å². The van der Waals surface area contributed by atoms with Crippen molar-refractivity contribution in [3.63, 3.8) is 0 Å². The van der Waals surface area contributed by atoms with Crippen LogP contribution in [0.4, 0.5) is 0 Å². The Morgan fingerprint density at radius 3 is 2.59 bits per heavy atom. The quantitative estimate of drug-likeness (QED) is 0.877. The summed E-state index contributed by atoms with van der Waals surface area (Å²) < 4.78 is 4.93. The Labute approximate surface area is 99.6 Å². The van der Waals surface area contributed by atoms with Crippen molar-refractivity contribution in [2.75, 3.05) is 7.11 Å². The van der Waals surface area contributed by atoms with Crippen LogP contribution in [-0.4, -0.2) is 24.3 Å². The molecule has 2 rings (SSSR count). The number of ether oxygens (including phenoxy) is 1. The molecule has 0 fully saturated rings. The molecule has 0 spiro atoms. The van der Waals surface area contributed by atoms with E-state index in [1.807, 2.05) is 42.5 Å². The molecule has 0 radical (unpaired) electrons. The first-order valence-electron chi connectivity index (χ1n) is 5.44. The van der Waals surface area contributed by atoms with Gasteiger partial charge in [-0.2, -0.15) is 0 Å². The van der Waals surface area contributed by atoms with Gasteiger partial charge in [0.2, 0.25) is 0 Å². The van der Waals surface area contributed by atoms with Gasteiger partial charge < -0.3 is 9.84 Å². The molecule has 0 aliphatic rings. The third-order valence-electron chi connectivity index (χ3n) is 2.79. The van der Waals surface area contributed by atoms with Gasteiger partial charge in [0.15, 0.2) is 6.10 Å². The van der Waals surface area contributed by atoms with E-state index in [4.69, 9.17) is 9.84 Å². The van der Waals surface area contributed by atoms with E-state index in [1.165, 1.54) is 7.11 Å². The lowest BCUT2D eigenvalue weighted by Gasteiger charge is -2.10. The molecule has 0 saturated carbocycles. The summed E-state index contributed by atoms with van der Waals surface area (Å²) >= 11 is 0. The topological polar surface area (TPSA) is 46.5 Å². The van der Waals surface area contributed by atoms with Crippen LogP contribution in [0.25, 0.3) is 10.8 Å². The zero-order valence-electron chi connectivity index (χ0n) is 9.59. The molecule has 0 saturated heterocycles. The van der Waals surface area contributed by atoms with Gasteiger partial charge in [-0.25, -0.2) is 4.79 Å². The highest BCUT2D eigenvalue weighted by molar-refractivity contribution is 5.83. The smallest absolute Gasteiger partial charge is 0.333 e. The number of rotatable bonds is 4. The summed E-state index contributed by atoms with van der Waals surface area (Å²) in [5, 5.41) is 11.2. The number of benzene rings is 2. The van der Waals surface area contributed by atoms with Crippen molar-refractivity contribution in [1.29, 1.82) is 0 Å². The highest BCUT2D eigenvalue weighted by Gasteiger charge is 2.16. The van der Waals surface area contributed by atoms with Crippen molar-refractivity contribution in [3.8, 4) is 0 Å². The molecule has 0 bridgehead atoms. The van der Waals surface area contributed by atoms with E-state index in [9.17, 15) is 4.79 Å². The number of carboxylic acids is 1. The fourth-order valence-electron chi connectivity index (χ4n) is 1.85. The number of carbonyl (C=O) groups is 1. The minimum atomic E-state index is -0.930. The van der Waals surface area contributed by atoms with Crippen LogP contribution in [0.15, 0.2) is 42.5 Å². The molecule has 0 amide bonds. The van der Waals surface area contributed by atoms with E-state index >= 15 is 0 Å². The SMILES string of the molecule is COC(Cc1ccc2ccccc2c1)C(=O)O. The van der Waals surface area contributed by atoms with Crippen LogP contribution in [0.5, 0.6) is 0 Å². The first kappa shape index (κ1) is 11.6. The van der Waals surface area contributed by atoms with Crippen LogP contribution >= 0.6 is 0 Å². The van der Waals surface area contributed by atoms with E-state index in [0.29, 0.717) is 6.42 Å². The zero-order valence-corrected chi connectivity index (χ0v) is 9.59. The first-order valence-corrected chi connectivity index (χ1v) is 5.44. The van der Waals surface area contributed by atoms with Gasteiger partial charge in [-0.3, -0.25) is 0 Å². The summed E-state index contributed by atoms with van der Waals surface area (Å²) in [4.78, 5) is 10.9. The molecule has 0 aliphatic heterocycles. The van der Waals surface area contributed by atoms with E-state index < -0.39 is 12.1 Å². The summed E-state index contributed by atoms with van der Waals surface area (Å²) in [5.74, 6) is -0.930. The molecule has 2 aromatic carbocycles. The molecule has 3 nitrogen and oxygen atoms in total. The number of fused-ring (bicyclic) bond motifs is 1. The van der Waals surface area contributed by atoms with Gasteiger partial charge in [-0.05, 0) is 16.3 Å². The Balaban J connectivity index is 2.27. The molecule has 2 aromatic rings. The fraction of sp³-hybridized carbons (Fsp3) is 0.214. The maximum Gasteiger partial charge on any atom is 0.333 e. The average molecular weight is 230 g/mol. The molecule has 88 valence electrons. The molecular weight excluding hydrogens is 216 g/mol. The van der Waals surface area contributed by atoms with Crippen molar-refractivity contribution in [2.24, 2.45) is 0 Å². The largest absolute Gasteiger partial charge is 0.479 e. The monoisotopic (exact) mass is 230 g/mol. The Bertz CT molecular complexity index is 534. The standard InChI is InChI=1S/C14H14O3/c1-17-13(14(15)16)9-10-6-7-11-4-2-3-5-12(11)8-10/h2-8,13H,9H2,1H3,(H,15,16). The normalized spacial score (nSPS) is 12.5. The number of carboxylic acid groups (broad SMARTS) is 1. The third kappa shape index (κ3) is 2.63. The lowest BCUT2D eigenvalue weighted by Crippen LogP contribution is -2.24. The number of hydrogen-bond donors (Lipinski definition) is 1. The highest BCUT2D eigenvalue weighted by atomic mass is 16.5. The molecular formula is C14H14O3. The van der Waals surface area contributed by atoms with Crippen molar-refractivity contribution in [3.05, 3.63) is 48.0 Å². The van der Waals surface area contributed by atoms with Crippen LogP contribution < -0.4 is 0 Å². The van der Waals surface area contributed by atoms with E-state index in [-0.39, 0.29) is 0 Å². The van der Waals surface area contributed by atoms with Crippen molar-refractivity contribution < 1.29 is 14.6 Å². The molecule has 17 heavy (non-hydrogen) atoms. The molecule has 1 unspecified atom stereocenters. The van der Waals surface area contributed by atoms with Crippen molar-refractivity contribution in [1.82, 2.24) is 0 Å². The van der Waals surface area contributed by atoms with Crippen LogP contribution in [0, 0.1) is 0 Å². The number of hydrogen-bond acceptors (Lipinski definition) is 2. The molecule has 3 heteroatoms. The lowest BCUT2D eigenvalue weighted by atomic mass is 10.0. The summed E-state index contributed by atoms with van der Waals surface area (Å²) in [7, 11) is 1.42. The molecule has 0 aromatic heterocycles. The van der Waals surface area contributed by atoms with Gasteiger partial charge in [-0.1, -0.05) is 42.5 Å². The van der Waals surface area contributed by atoms with Gasteiger partial charge in [0.1, 0.15) is 0 Å². The van der Waals surface area contributed by atoms with Gasteiger partial charge in [-0.15, -0.1) is 0 Å². The lowest BCUT2D eigenvalue weighted by molar-refractivity contribution is -0.148. The Kier molecular flexibility index (Phi) is 3.40. The summed E-state index contributed by atoms with van der Waals surface area (Å²) in [6, 6.07) is 13.9. The predicted molar refractivity (Wildman–Crippen MR) is 66.1 cm³/mol. The molecule has 0 aliphatic carbocycles. The molecule has 1 atom stereocenters. The maximum absolute atomic E-state index is 10.9. The van der Waals surface area contributed by atoms with Crippen molar-refractivity contribution >= 4 is 16.7 Å². The summed E-state index contributed by atoms with van der Waals surface area (Å²) in [6.45, 7) is 0. The van der Waals surface area contributed by atoms with Gasteiger partial charge >= 0.3 is 5.97 Å². The second-order valence-corrected chi connectivity index (χ2v) is 3.95. The Morgan fingerprint density at radius 2 is 1.94 bits per heavy atom. The average Bonchev–Trinajstić information content (AvgIpc) is 2.35. The van der Waals surface area contributed by atoms with Crippen LogP contribution in [0.2, 0.25) is 0 Å². The van der Waals surface area contributed by atoms with Crippen LogP contribution in [0.3, 0.4) is 0 Å². The first-order chi connectivity index (χ1) is 8.20. The number of aliphatic carboxylic acids is 1. The zero-order chi connectivity index (χ0) is 12.3. The van der Waals surface area contributed by atoms with E-state index in [0.717, 1.165) is 16.3 Å². The number of methoxy groups -OCH3 is 1. The predicted octanol–water partition coefficient (Wildman–Crippen LogP) is 2.48. The second-order valence-electron chi connectivity index (χ2n) is 3.95. The summed E-state index contributed by atoms with van der Waals surface area (Å²) in [6.07, 6.45) is -0.396. The minimum absolute atomic E-state index is 0.386. The molecule has 1 N–H and O–H groups in total. The Hall–Kier alpha value is -1.87. The fourth-order valence-corrected chi connectivity index (χ4v) is 1.85. The maximum atomic E-state index is 10.9. The van der Waals surface area contributed by atoms with Crippen LogP contribution in [-0.2, 0) is 16.0 Å². The highest BCUT2D eigenvalue weighted by Crippen LogP contribution is 2.17. The van der Waals surface area contributed by atoms with Gasteiger partial charge in [0.05, 0.1) is 0 Å². The molecule has 0 heterocycles. The van der Waals surface area contributed by atoms with E-state index in [1.54, 1.807) is 0 Å². The minimum Gasteiger partial charge on any atom is -0.479 e.